The van der Waals surface area contributed by atoms with Crippen molar-refractivity contribution in [1.29, 1.82) is 0 Å². The first-order valence-corrected chi connectivity index (χ1v) is 11.3. The molecule has 0 atom stereocenters. The number of amides is 2. The van der Waals surface area contributed by atoms with Crippen molar-refractivity contribution >= 4 is 28.2 Å². The monoisotopic (exact) mass is 448 g/mol. The number of benzene rings is 1. The molecule has 1 saturated heterocycles. The van der Waals surface area contributed by atoms with Crippen molar-refractivity contribution in [2.75, 3.05) is 51.4 Å². The van der Waals surface area contributed by atoms with Gasteiger partial charge in [-0.05, 0) is 44.4 Å². The molecule has 2 aromatic rings. The van der Waals surface area contributed by atoms with E-state index in [1.807, 2.05) is 20.8 Å². The van der Waals surface area contributed by atoms with Crippen LogP contribution in [0.25, 0.3) is 0 Å². The number of nitrogens with zero attached hydrogens (tertiary/aromatic N) is 1. The second-order valence-electron chi connectivity index (χ2n) is 6.62. The van der Waals surface area contributed by atoms with E-state index in [0.29, 0.717) is 79.5 Å². The third kappa shape index (κ3) is 5.48. The van der Waals surface area contributed by atoms with E-state index in [4.69, 9.17) is 18.9 Å². The lowest BCUT2D eigenvalue weighted by Crippen LogP contribution is -2.40. The van der Waals surface area contributed by atoms with Gasteiger partial charge in [-0.1, -0.05) is 0 Å². The highest BCUT2D eigenvalue weighted by Crippen LogP contribution is 2.39. The summed E-state index contributed by atoms with van der Waals surface area (Å²) in [5.74, 6) is 0.884. The maximum absolute atomic E-state index is 13.0. The Balaban J connectivity index is 1.85. The molecule has 1 aromatic carbocycles. The number of carbonyl (C=O) groups is 2. The number of carbonyl (C=O) groups excluding carboxylic acids is 2. The molecule has 0 saturated carbocycles. The summed E-state index contributed by atoms with van der Waals surface area (Å²) in [4.78, 5) is 27.6. The molecule has 1 aliphatic heterocycles. The van der Waals surface area contributed by atoms with E-state index in [9.17, 15) is 9.59 Å². The molecule has 1 N–H and O–H groups in total. The average molecular weight is 449 g/mol. The second-order valence-corrected chi connectivity index (χ2v) is 7.54. The summed E-state index contributed by atoms with van der Waals surface area (Å²) in [7, 11) is 0. The fourth-order valence-corrected chi connectivity index (χ4v) is 3.98. The molecule has 1 aromatic heterocycles. The number of anilines is 1. The van der Waals surface area contributed by atoms with Crippen LogP contribution in [0.2, 0.25) is 0 Å². The quantitative estimate of drug-likeness (QED) is 0.630. The van der Waals surface area contributed by atoms with Gasteiger partial charge in [-0.25, -0.2) is 0 Å². The zero-order valence-corrected chi connectivity index (χ0v) is 18.9. The minimum absolute atomic E-state index is 0.114. The van der Waals surface area contributed by atoms with E-state index in [1.54, 1.807) is 28.5 Å². The average Bonchev–Trinajstić information content (AvgIpc) is 3.24. The van der Waals surface area contributed by atoms with Crippen LogP contribution in [0.15, 0.2) is 23.6 Å². The van der Waals surface area contributed by atoms with E-state index >= 15 is 0 Å². The molecule has 8 nitrogen and oxygen atoms in total. The van der Waals surface area contributed by atoms with Crippen LogP contribution in [-0.2, 0) is 4.74 Å². The molecule has 0 unspecified atom stereocenters. The third-order valence-electron chi connectivity index (χ3n) is 4.59. The Hall–Kier alpha value is -2.78. The Morgan fingerprint density at radius 1 is 1.03 bits per heavy atom. The Bertz CT molecular complexity index is 880. The molecule has 2 heterocycles. The van der Waals surface area contributed by atoms with Crippen LogP contribution in [0.1, 0.15) is 41.5 Å². The molecule has 3 rings (SSSR count). The minimum atomic E-state index is -0.358. The molecule has 0 radical (unpaired) electrons. The van der Waals surface area contributed by atoms with Crippen molar-refractivity contribution in [3.63, 3.8) is 0 Å². The number of hydrogen-bond donors (Lipinski definition) is 1. The largest absolute Gasteiger partial charge is 0.490 e. The number of thiophene rings is 1. The Labute approximate surface area is 186 Å². The summed E-state index contributed by atoms with van der Waals surface area (Å²) in [5.41, 5.74) is 0.828. The van der Waals surface area contributed by atoms with E-state index in [2.05, 4.69) is 5.32 Å². The third-order valence-corrected chi connectivity index (χ3v) is 5.42. The van der Waals surface area contributed by atoms with Gasteiger partial charge in [-0.15, -0.1) is 11.3 Å². The van der Waals surface area contributed by atoms with Gasteiger partial charge in [-0.2, -0.15) is 0 Å². The molecule has 31 heavy (non-hydrogen) atoms. The molecule has 9 heteroatoms. The second kappa shape index (κ2) is 11.0. The lowest BCUT2D eigenvalue weighted by Gasteiger charge is -2.26. The van der Waals surface area contributed by atoms with E-state index in [0.717, 1.165) is 0 Å². The number of hydrogen-bond acceptors (Lipinski definition) is 7. The van der Waals surface area contributed by atoms with Gasteiger partial charge >= 0.3 is 0 Å². The van der Waals surface area contributed by atoms with Crippen LogP contribution in [0.5, 0.6) is 17.2 Å². The highest BCUT2D eigenvalue weighted by Gasteiger charge is 2.24. The van der Waals surface area contributed by atoms with Crippen LogP contribution < -0.4 is 19.5 Å². The van der Waals surface area contributed by atoms with Crippen molar-refractivity contribution in [2.45, 2.75) is 20.8 Å². The van der Waals surface area contributed by atoms with Gasteiger partial charge in [0.15, 0.2) is 11.5 Å². The first-order chi connectivity index (χ1) is 15.1. The molecule has 0 spiro atoms. The van der Waals surface area contributed by atoms with Crippen LogP contribution >= 0.6 is 11.3 Å². The number of nitrogens with one attached hydrogen (secondary N) is 1. The topological polar surface area (TPSA) is 86.3 Å². The molecular weight excluding hydrogens is 420 g/mol. The van der Waals surface area contributed by atoms with Gasteiger partial charge in [0.05, 0.1) is 38.6 Å². The molecule has 1 aliphatic rings. The summed E-state index contributed by atoms with van der Waals surface area (Å²) in [6.45, 7) is 8.97. The Morgan fingerprint density at radius 2 is 1.65 bits per heavy atom. The van der Waals surface area contributed by atoms with E-state index < -0.39 is 0 Å². The number of ether oxygens (including phenoxy) is 4. The molecule has 0 aliphatic carbocycles. The fourth-order valence-electron chi connectivity index (χ4n) is 3.21. The maximum atomic E-state index is 13.0. The van der Waals surface area contributed by atoms with Gasteiger partial charge < -0.3 is 29.2 Å². The van der Waals surface area contributed by atoms with Gasteiger partial charge in [-0.3, -0.25) is 9.59 Å². The van der Waals surface area contributed by atoms with Crippen LogP contribution in [0.4, 0.5) is 5.00 Å². The smallest absolute Gasteiger partial charge is 0.257 e. The molecular formula is C22H28N2O6S. The van der Waals surface area contributed by atoms with Crippen LogP contribution in [-0.4, -0.2) is 62.8 Å². The zero-order chi connectivity index (χ0) is 22.2. The maximum Gasteiger partial charge on any atom is 0.257 e. The van der Waals surface area contributed by atoms with E-state index in [-0.39, 0.29) is 11.8 Å². The first kappa shape index (κ1) is 22.9. The van der Waals surface area contributed by atoms with Gasteiger partial charge in [0.25, 0.3) is 11.8 Å². The SMILES string of the molecule is CCOc1cc(C(=O)Nc2sccc2C(=O)N2CCOCC2)cc(OCC)c1OCC. The fraction of sp³-hybridized carbons (Fsp3) is 0.455. The lowest BCUT2D eigenvalue weighted by atomic mass is 10.1. The van der Waals surface area contributed by atoms with Crippen molar-refractivity contribution in [3.05, 3.63) is 34.7 Å². The normalized spacial score (nSPS) is 13.6. The highest BCUT2D eigenvalue weighted by atomic mass is 32.1. The first-order valence-electron chi connectivity index (χ1n) is 10.4. The molecule has 1 fully saturated rings. The summed E-state index contributed by atoms with van der Waals surface area (Å²) in [5, 5.41) is 5.16. The molecule has 0 bridgehead atoms. The summed E-state index contributed by atoms with van der Waals surface area (Å²) >= 11 is 1.31. The zero-order valence-electron chi connectivity index (χ0n) is 18.1. The van der Waals surface area contributed by atoms with Gasteiger partial charge in [0.1, 0.15) is 5.00 Å². The van der Waals surface area contributed by atoms with Crippen LogP contribution in [0, 0.1) is 0 Å². The lowest BCUT2D eigenvalue weighted by molar-refractivity contribution is 0.0304. The molecule has 168 valence electrons. The number of rotatable bonds is 9. The van der Waals surface area contributed by atoms with Gasteiger partial charge in [0, 0.05) is 18.7 Å². The minimum Gasteiger partial charge on any atom is -0.490 e. The summed E-state index contributed by atoms with van der Waals surface area (Å²) in [6.07, 6.45) is 0. The van der Waals surface area contributed by atoms with Crippen molar-refractivity contribution in [1.82, 2.24) is 4.90 Å². The summed E-state index contributed by atoms with van der Waals surface area (Å²) in [6, 6.07) is 4.99. The van der Waals surface area contributed by atoms with Gasteiger partial charge in [0.2, 0.25) is 5.75 Å². The highest BCUT2D eigenvalue weighted by molar-refractivity contribution is 7.14. The van der Waals surface area contributed by atoms with Crippen molar-refractivity contribution < 1.29 is 28.5 Å². The van der Waals surface area contributed by atoms with Crippen molar-refractivity contribution in [2.24, 2.45) is 0 Å². The van der Waals surface area contributed by atoms with Crippen LogP contribution in [0.3, 0.4) is 0 Å². The van der Waals surface area contributed by atoms with E-state index in [1.165, 1.54) is 11.3 Å². The Morgan fingerprint density at radius 3 is 2.23 bits per heavy atom. The standard InChI is InChI=1S/C22H28N2O6S/c1-4-28-17-13-15(14-18(29-5-2)19(17)30-6-3)20(25)23-21-16(7-12-31-21)22(26)24-8-10-27-11-9-24/h7,12-14H,4-6,8-11H2,1-3H3,(H,23,25). The predicted molar refractivity (Wildman–Crippen MR) is 119 cm³/mol. The molecule has 2 amide bonds. The number of morpholine rings is 1. The summed E-state index contributed by atoms with van der Waals surface area (Å²) < 4.78 is 22.4. The Kier molecular flexibility index (Phi) is 8.13. The van der Waals surface area contributed by atoms with Crippen molar-refractivity contribution in [3.8, 4) is 17.2 Å². The predicted octanol–water partition coefficient (Wildman–Crippen LogP) is 3.67.